The molecule has 0 spiro atoms. The molecule has 0 aliphatic carbocycles. The van der Waals surface area contributed by atoms with Crippen molar-refractivity contribution < 1.29 is 0 Å². The zero-order chi connectivity index (χ0) is 22.7. The van der Waals surface area contributed by atoms with Crippen LogP contribution in [0.2, 0.25) is 10.0 Å². The molecule has 0 radical (unpaired) electrons. The van der Waals surface area contributed by atoms with Crippen LogP contribution in [-0.2, 0) is 12.0 Å². The monoisotopic (exact) mass is 470 g/mol. The molecule has 1 aromatic heterocycles. The third-order valence-electron chi connectivity index (χ3n) is 6.01. The van der Waals surface area contributed by atoms with Crippen LogP contribution < -0.4 is 4.90 Å². The number of hydrogen-bond donors (Lipinski definition) is 0. The molecular formula is C26H32Cl2N4. The fourth-order valence-corrected chi connectivity index (χ4v) is 4.51. The smallest absolute Gasteiger partial charge is 0.0691 e. The van der Waals surface area contributed by atoms with E-state index in [-0.39, 0.29) is 5.54 Å². The van der Waals surface area contributed by atoms with Crippen molar-refractivity contribution in [3.63, 3.8) is 0 Å². The lowest BCUT2D eigenvalue weighted by Gasteiger charge is -2.36. The van der Waals surface area contributed by atoms with Crippen molar-refractivity contribution in [3.05, 3.63) is 70.3 Å². The maximum Gasteiger partial charge on any atom is 0.0691 e. The Morgan fingerprint density at radius 2 is 1.44 bits per heavy atom. The van der Waals surface area contributed by atoms with E-state index in [1.165, 1.54) is 5.69 Å². The van der Waals surface area contributed by atoms with Crippen LogP contribution in [0, 0.1) is 0 Å². The van der Waals surface area contributed by atoms with Crippen molar-refractivity contribution in [2.75, 3.05) is 37.6 Å². The summed E-state index contributed by atoms with van der Waals surface area (Å²) in [7, 11) is 0. The zero-order valence-electron chi connectivity index (χ0n) is 19.2. The van der Waals surface area contributed by atoms with Crippen molar-refractivity contribution in [2.45, 2.75) is 39.2 Å². The highest BCUT2D eigenvalue weighted by molar-refractivity contribution is 6.30. The summed E-state index contributed by atoms with van der Waals surface area (Å²) in [6, 6.07) is 18.4. The summed E-state index contributed by atoms with van der Waals surface area (Å²) in [5, 5.41) is 6.52. The van der Waals surface area contributed by atoms with Crippen LogP contribution in [0.4, 0.5) is 5.69 Å². The fourth-order valence-electron chi connectivity index (χ4n) is 4.26. The number of aromatic nitrogens is 2. The van der Waals surface area contributed by atoms with E-state index in [1.54, 1.807) is 0 Å². The van der Waals surface area contributed by atoms with Gasteiger partial charge in [0.15, 0.2) is 0 Å². The van der Waals surface area contributed by atoms with Crippen LogP contribution in [0.25, 0.3) is 11.3 Å². The maximum absolute atomic E-state index is 6.09. The van der Waals surface area contributed by atoms with E-state index >= 15 is 0 Å². The highest BCUT2D eigenvalue weighted by Crippen LogP contribution is 2.28. The molecule has 2 heterocycles. The highest BCUT2D eigenvalue weighted by atomic mass is 35.5. The summed E-state index contributed by atoms with van der Waals surface area (Å²) in [6.07, 6.45) is 2.10. The SMILES string of the molecule is CC(C)(C)n1nc(CCCN2CCN(c3ccc(Cl)cc3)CC2)cc1-c1ccc(Cl)cc1. The number of halogens is 2. The first-order valence-corrected chi connectivity index (χ1v) is 12.1. The molecule has 3 aromatic rings. The van der Waals surface area contributed by atoms with Crippen LogP contribution in [-0.4, -0.2) is 47.4 Å². The Hall–Kier alpha value is -2.01. The number of piperazine rings is 1. The molecule has 0 unspecified atom stereocenters. The van der Waals surface area contributed by atoms with Gasteiger partial charge in [0.2, 0.25) is 0 Å². The van der Waals surface area contributed by atoms with Gasteiger partial charge in [0.25, 0.3) is 0 Å². The lowest BCUT2D eigenvalue weighted by Crippen LogP contribution is -2.46. The number of hydrogen-bond acceptors (Lipinski definition) is 3. The second-order valence-electron chi connectivity index (χ2n) is 9.52. The average Bonchev–Trinajstić information content (AvgIpc) is 3.20. The number of rotatable bonds is 6. The summed E-state index contributed by atoms with van der Waals surface area (Å²) in [4.78, 5) is 5.00. The minimum absolute atomic E-state index is 0.0782. The molecule has 0 bridgehead atoms. The summed E-state index contributed by atoms with van der Waals surface area (Å²) in [5.74, 6) is 0. The van der Waals surface area contributed by atoms with Crippen molar-refractivity contribution in [2.24, 2.45) is 0 Å². The molecule has 4 rings (SSSR count). The van der Waals surface area contributed by atoms with Gasteiger partial charge in [-0.3, -0.25) is 9.58 Å². The molecule has 32 heavy (non-hydrogen) atoms. The third-order valence-corrected chi connectivity index (χ3v) is 6.51. The Bertz CT molecular complexity index is 1010. The molecule has 4 nitrogen and oxygen atoms in total. The lowest BCUT2D eigenvalue weighted by atomic mass is 10.1. The van der Waals surface area contributed by atoms with Crippen LogP contribution in [0.15, 0.2) is 54.6 Å². The van der Waals surface area contributed by atoms with E-state index < -0.39 is 0 Å². The van der Waals surface area contributed by atoms with Crippen LogP contribution in [0.3, 0.4) is 0 Å². The fraction of sp³-hybridized carbons (Fsp3) is 0.423. The Labute approximate surface area is 201 Å². The Morgan fingerprint density at radius 3 is 2.03 bits per heavy atom. The quantitative estimate of drug-likeness (QED) is 0.418. The van der Waals surface area contributed by atoms with E-state index in [2.05, 4.69) is 65.6 Å². The summed E-state index contributed by atoms with van der Waals surface area (Å²) < 4.78 is 2.15. The Balaban J connectivity index is 1.33. The summed E-state index contributed by atoms with van der Waals surface area (Å²) in [5.41, 5.74) is 4.65. The van der Waals surface area contributed by atoms with Crippen molar-refractivity contribution in [1.82, 2.24) is 14.7 Å². The Kier molecular flexibility index (Phi) is 7.14. The number of aryl methyl sites for hydroxylation is 1. The van der Waals surface area contributed by atoms with Crippen molar-refractivity contribution in [3.8, 4) is 11.3 Å². The van der Waals surface area contributed by atoms with Gasteiger partial charge in [0.05, 0.1) is 16.9 Å². The first-order valence-electron chi connectivity index (χ1n) is 11.4. The molecule has 1 saturated heterocycles. The summed E-state index contributed by atoms with van der Waals surface area (Å²) >= 11 is 12.1. The van der Waals surface area contributed by atoms with Gasteiger partial charge in [0.1, 0.15) is 0 Å². The minimum atomic E-state index is -0.0782. The van der Waals surface area contributed by atoms with E-state index in [0.717, 1.165) is 72.6 Å². The van der Waals surface area contributed by atoms with E-state index in [4.69, 9.17) is 28.3 Å². The predicted octanol–water partition coefficient (Wildman–Crippen LogP) is 6.37. The van der Waals surface area contributed by atoms with Gasteiger partial charge in [-0.25, -0.2) is 0 Å². The molecule has 0 atom stereocenters. The molecule has 0 N–H and O–H groups in total. The zero-order valence-corrected chi connectivity index (χ0v) is 20.7. The van der Waals surface area contributed by atoms with Crippen LogP contribution >= 0.6 is 23.2 Å². The van der Waals surface area contributed by atoms with Gasteiger partial charge in [-0.05, 0) is 88.2 Å². The van der Waals surface area contributed by atoms with Gasteiger partial charge < -0.3 is 4.90 Å². The normalized spacial score (nSPS) is 15.3. The van der Waals surface area contributed by atoms with Crippen molar-refractivity contribution in [1.29, 1.82) is 0 Å². The second-order valence-corrected chi connectivity index (χ2v) is 10.4. The minimum Gasteiger partial charge on any atom is -0.369 e. The predicted molar refractivity (Wildman–Crippen MR) is 136 cm³/mol. The van der Waals surface area contributed by atoms with Crippen molar-refractivity contribution >= 4 is 28.9 Å². The molecule has 1 aliphatic rings. The standard InChI is InChI=1S/C26H32Cl2N4/c1-26(2,3)32-25(20-6-8-21(27)9-7-20)19-23(29-32)5-4-14-30-15-17-31(18-16-30)24-12-10-22(28)11-13-24/h6-13,19H,4-5,14-18H2,1-3H3. The van der Waals surface area contributed by atoms with E-state index in [1.807, 2.05) is 24.3 Å². The number of nitrogens with zero attached hydrogens (tertiary/aromatic N) is 4. The highest BCUT2D eigenvalue weighted by Gasteiger charge is 2.21. The average molecular weight is 471 g/mol. The molecule has 170 valence electrons. The van der Waals surface area contributed by atoms with Crippen LogP contribution in [0.5, 0.6) is 0 Å². The molecular weight excluding hydrogens is 439 g/mol. The van der Waals surface area contributed by atoms with Gasteiger partial charge in [-0.2, -0.15) is 5.10 Å². The van der Waals surface area contributed by atoms with Gasteiger partial charge in [0, 0.05) is 41.9 Å². The molecule has 1 aliphatic heterocycles. The maximum atomic E-state index is 6.09. The molecule has 1 fully saturated rings. The largest absolute Gasteiger partial charge is 0.369 e. The third kappa shape index (κ3) is 5.67. The Morgan fingerprint density at radius 1 is 0.844 bits per heavy atom. The van der Waals surface area contributed by atoms with Gasteiger partial charge in [-0.15, -0.1) is 0 Å². The van der Waals surface area contributed by atoms with Gasteiger partial charge in [-0.1, -0.05) is 35.3 Å². The molecule has 0 amide bonds. The van der Waals surface area contributed by atoms with Crippen LogP contribution in [0.1, 0.15) is 32.9 Å². The molecule has 6 heteroatoms. The first-order chi connectivity index (χ1) is 15.3. The molecule has 2 aromatic carbocycles. The van der Waals surface area contributed by atoms with E-state index in [0.29, 0.717) is 0 Å². The number of benzene rings is 2. The first kappa shape index (κ1) is 23.2. The summed E-state index contributed by atoms with van der Waals surface area (Å²) in [6.45, 7) is 12.0. The van der Waals surface area contributed by atoms with E-state index in [9.17, 15) is 0 Å². The molecule has 0 saturated carbocycles. The topological polar surface area (TPSA) is 24.3 Å². The van der Waals surface area contributed by atoms with Gasteiger partial charge >= 0.3 is 0 Å². The number of anilines is 1. The second kappa shape index (κ2) is 9.86. The lowest BCUT2D eigenvalue weighted by molar-refractivity contribution is 0.254.